The number of rotatable bonds is 1. The van der Waals surface area contributed by atoms with Crippen molar-refractivity contribution in [3.8, 4) is 0 Å². The van der Waals surface area contributed by atoms with E-state index in [0.717, 1.165) is 12.8 Å². The fourth-order valence-corrected chi connectivity index (χ4v) is 2.11. The van der Waals surface area contributed by atoms with Gasteiger partial charge in [0, 0.05) is 0 Å². The molecule has 0 bridgehead atoms. The first-order valence-corrected chi connectivity index (χ1v) is 4.77. The smallest absolute Gasteiger partial charge is 0.0963 e. The summed E-state index contributed by atoms with van der Waals surface area (Å²) >= 11 is 0. The molecule has 1 saturated carbocycles. The first-order chi connectivity index (χ1) is 5.11. The predicted molar refractivity (Wildman–Crippen MR) is 45.8 cm³/mol. The van der Waals surface area contributed by atoms with Gasteiger partial charge < -0.3 is 0 Å². The maximum absolute atomic E-state index is 11.5. The first kappa shape index (κ1) is 9.05. The van der Waals surface area contributed by atoms with Crippen LogP contribution < -0.4 is 0 Å². The Labute approximate surface area is 69.8 Å². The fraction of sp³-hybridized carbons (Fsp3) is 1.00. The van der Waals surface area contributed by atoms with Gasteiger partial charge in [0.1, 0.15) is 0 Å². The van der Waals surface area contributed by atoms with Crippen LogP contribution in [0.25, 0.3) is 0 Å². The zero-order valence-electron chi connectivity index (χ0n) is 7.84. The molecule has 1 aliphatic carbocycles. The lowest BCUT2D eigenvalue weighted by molar-refractivity contribution is -0.0246. The monoisotopic (exact) mass is 155 g/mol. The Kier molecular flexibility index (Phi) is 2.94. The Hall–Kier alpha value is -0.0400. The minimum Gasteiger partial charge on any atom is -0.233 e. The molecule has 0 aromatic carbocycles. The topological polar surface area (TPSA) is 19.9 Å². The van der Waals surface area contributed by atoms with Gasteiger partial charge in [0.2, 0.25) is 0 Å². The highest BCUT2D eigenvalue weighted by molar-refractivity contribution is 4.79. The zero-order valence-corrected chi connectivity index (χ0v) is 7.84. The molecule has 65 valence electrons. The molecule has 0 spiro atoms. The summed E-state index contributed by atoms with van der Waals surface area (Å²) in [5.41, 5.74) is 0. The second-order valence-electron chi connectivity index (χ2n) is 4.36. The van der Waals surface area contributed by atoms with Crippen molar-refractivity contribution in [2.45, 2.75) is 46.1 Å². The molecule has 1 nitrogen and oxygen atoms in total. The van der Waals surface area contributed by atoms with Gasteiger partial charge in [-0.15, -0.1) is 0 Å². The molecule has 1 aliphatic rings. The largest absolute Gasteiger partial charge is 0.233 e. The van der Waals surface area contributed by atoms with Crippen LogP contribution in [0.1, 0.15) is 40.0 Å². The Morgan fingerprint density at radius 2 is 1.91 bits per heavy atom. The van der Waals surface area contributed by atoms with Crippen LogP contribution >= 0.6 is 0 Å². The molecular weight excluding hydrogens is 136 g/mol. The summed E-state index contributed by atoms with van der Waals surface area (Å²) in [6.07, 6.45) is 3.05. The molecular formula is C10H19O. The van der Waals surface area contributed by atoms with Gasteiger partial charge in [-0.1, -0.05) is 27.2 Å². The third kappa shape index (κ3) is 2.19. The van der Waals surface area contributed by atoms with Gasteiger partial charge in [-0.3, -0.25) is 0 Å². The zero-order chi connectivity index (χ0) is 8.43. The average molecular weight is 155 g/mol. The molecule has 0 heterocycles. The van der Waals surface area contributed by atoms with E-state index in [4.69, 9.17) is 0 Å². The van der Waals surface area contributed by atoms with Gasteiger partial charge in [0.05, 0.1) is 6.10 Å². The van der Waals surface area contributed by atoms with Crippen LogP contribution in [-0.4, -0.2) is 6.10 Å². The Morgan fingerprint density at radius 3 is 2.36 bits per heavy atom. The van der Waals surface area contributed by atoms with Crippen molar-refractivity contribution in [1.82, 2.24) is 0 Å². The van der Waals surface area contributed by atoms with Crippen LogP contribution in [0.4, 0.5) is 0 Å². The minimum absolute atomic E-state index is 0.279. The third-order valence-electron chi connectivity index (χ3n) is 2.96. The van der Waals surface area contributed by atoms with Crippen LogP contribution in [-0.2, 0) is 5.11 Å². The minimum atomic E-state index is -0.279. The van der Waals surface area contributed by atoms with Crippen molar-refractivity contribution in [2.24, 2.45) is 17.8 Å². The van der Waals surface area contributed by atoms with Crippen LogP contribution in [0.15, 0.2) is 0 Å². The summed E-state index contributed by atoms with van der Waals surface area (Å²) in [4.78, 5) is 0. The molecule has 1 radical (unpaired) electrons. The standard InChI is InChI=1S/C10H19O/c1-7(2)9-5-4-8(3)6-10(9)11/h7-10H,4-6H2,1-3H3/t8-,9+,10-/m1/s1. The number of hydrogen-bond donors (Lipinski definition) is 0. The van der Waals surface area contributed by atoms with Crippen molar-refractivity contribution in [2.75, 3.05) is 0 Å². The summed E-state index contributed by atoms with van der Waals surface area (Å²) in [7, 11) is 0. The molecule has 1 rings (SSSR count). The van der Waals surface area contributed by atoms with Crippen molar-refractivity contribution < 1.29 is 5.11 Å². The highest BCUT2D eigenvalue weighted by Crippen LogP contribution is 2.33. The van der Waals surface area contributed by atoms with E-state index in [1.807, 2.05) is 0 Å². The molecule has 3 atom stereocenters. The molecule has 0 aromatic rings. The fourth-order valence-electron chi connectivity index (χ4n) is 2.11. The van der Waals surface area contributed by atoms with Crippen LogP contribution in [0.2, 0.25) is 0 Å². The van der Waals surface area contributed by atoms with Gasteiger partial charge >= 0.3 is 0 Å². The van der Waals surface area contributed by atoms with E-state index in [0.29, 0.717) is 17.8 Å². The lowest BCUT2D eigenvalue weighted by Gasteiger charge is -2.32. The van der Waals surface area contributed by atoms with E-state index in [-0.39, 0.29) is 6.10 Å². The molecule has 11 heavy (non-hydrogen) atoms. The molecule has 1 fully saturated rings. The van der Waals surface area contributed by atoms with E-state index >= 15 is 0 Å². The Morgan fingerprint density at radius 1 is 1.27 bits per heavy atom. The van der Waals surface area contributed by atoms with E-state index < -0.39 is 0 Å². The molecule has 0 amide bonds. The SMILES string of the molecule is CC(C)[C@@H]1CC[C@@H](C)C[C@H]1[O]. The Bertz CT molecular complexity index is 120. The van der Waals surface area contributed by atoms with Crippen molar-refractivity contribution in [3.05, 3.63) is 0 Å². The summed E-state index contributed by atoms with van der Waals surface area (Å²) in [6, 6.07) is 0. The van der Waals surface area contributed by atoms with Gasteiger partial charge in [0.15, 0.2) is 0 Å². The van der Waals surface area contributed by atoms with E-state index in [2.05, 4.69) is 20.8 Å². The molecule has 1 heteroatoms. The van der Waals surface area contributed by atoms with Crippen molar-refractivity contribution in [3.63, 3.8) is 0 Å². The second-order valence-corrected chi connectivity index (χ2v) is 4.36. The molecule has 0 saturated heterocycles. The maximum Gasteiger partial charge on any atom is 0.0963 e. The summed E-state index contributed by atoms with van der Waals surface area (Å²) in [5, 5.41) is 11.5. The first-order valence-electron chi connectivity index (χ1n) is 4.77. The van der Waals surface area contributed by atoms with E-state index in [1.165, 1.54) is 6.42 Å². The molecule has 0 unspecified atom stereocenters. The van der Waals surface area contributed by atoms with Gasteiger partial charge in [-0.2, -0.15) is 0 Å². The normalized spacial score (nSPS) is 39.5. The molecule has 0 aromatic heterocycles. The summed E-state index contributed by atoms with van der Waals surface area (Å²) < 4.78 is 0. The van der Waals surface area contributed by atoms with Gasteiger partial charge in [-0.05, 0) is 30.6 Å². The van der Waals surface area contributed by atoms with Crippen LogP contribution in [0, 0.1) is 17.8 Å². The van der Waals surface area contributed by atoms with Crippen LogP contribution in [0.5, 0.6) is 0 Å². The summed E-state index contributed by atoms with van der Waals surface area (Å²) in [6.45, 7) is 6.54. The quantitative estimate of drug-likeness (QED) is 0.555. The van der Waals surface area contributed by atoms with E-state index in [9.17, 15) is 5.11 Å². The lowest BCUT2D eigenvalue weighted by Crippen LogP contribution is -2.30. The van der Waals surface area contributed by atoms with Gasteiger partial charge in [0.25, 0.3) is 0 Å². The third-order valence-corrected chi connectivity index (χ3v) is 2.96. The summed E-state index contributed by atoms with van der Waals surface area (Å²) in [5.74, 6) is 1.71. The maximum atomic E-state index is 11.5. The van der Waals surface area contributed by atoms with Crippen molar-refractivity contribution >= 4 is 0 Å². The van der Waals surface area contributed by atoms with Crippen LogP contribution in [0.3, 0.4) is 0 Å². The number of hydrogen-bond acceptors (Lipinski definition) is 0. The average Bonchev–Trinajstić information content (AvgIpc) is 1.85. The van der Waals surface area contributed by atoms with Crippen molar-refractivity contribution in [1.29, 1.82) is 0 Å². The Balaban J connectivity index is 2.44. The molecule has 0 N–H and O–H groups in total. The predicted octanol–water partition coefficient (Wildman–Crippen LogP) is 2.88. The van der Waals surface area contributed by atoms with Gasteiger partial charge in [-0.25, -0.2) is 5.11 Å². The molecule has 0 aliphatic heterocycles. The second kappa shape index (κ2) is 3.57. The highest BCUT2D eigenvalue weighted by Gasteiger charge is 2.29. The lowest BCUT2D eigenvalue weighted by atomic mass is 9.75. The van der Waals surface area contributed by atoms with E-state index in [1.54, 1.807) is 0 Å². The highest BCUT2D eigenvalue weighted by atomic mass is 16.3.